The quantitative estimate of drug-likeness (QED) is 0.736. The van der Waals surface area contributed by atoms with Crippen LogP contribution in [0.1, 0.15) is 19.8 Å². The van der Waals surface area contributed by atoms with Gasteiger partial charge in [-0.05, 0) is 18.8 Å². The second-order valence-corrected chi connectivity index (χ2v) is 9.84. The van der Waals surface area contributed by atoms with Gasteiger partial charge in [0.25, 0.3) is 10.2 Å². The Kier molecular flexibility index (Phi) is 4.47. The Bertz CT molecular complexity index is 534. The fourth-order valence-electron chi connectivity index (χ4n) is 2.54. The summed E-state index contributed by atoms with van der Waals surface area (Å²) < 4.78 is 51.1. The number of rotatable bonds is 3. The van der Waals surface area contributed by atoms with Gasteiger partial charge in [0.15, 0.2) is 9.84 Å². The molecule has 2 aliphatic rings. The largest absolute Gasteiger partial charge is 0.279 e. The van der Waals surface area contributed by atoms with E-state index in [1.54, 1.807) is 0 Å². The van der Waals surface area contributed by atoms with Crippen LogP contribution in [0.4, 0.5) is 0 Å². The van der Waals surface area contributed by atoms with E-state index in [-0.39, 0.29) is 11.5 Å². The highest BCUT2D eigenvalue weighted by molar-refractivity contribution is 7.92. The number of nitrogens with zero attached hydrogens (tertiary/aromatic N) is 1. The zero-order valence-electron chi connectivity index (χ0n) is 10.7. The van der Waals surface area contributed by atoms with Gasteiger partial charge >= 0.3 is 0 Å². The Morgan fingerprint density at radius 1 is 1.32 bits per heavy atom. The zero-order valence-corrected chi connectivity index (χ0v) is 13.1. The molecule has 2 rings (SSSR count). The molecule has 9 heteroatoms. The molecule has 0 aromatic heterocycles. The van der Waals surface area contributed by atoms with Gasteiger partial charge in [0.05, 0.1) is 22.9 Å². The first-order valence-corrected chi connectivity index (χ1v) is 10.0. The minimum Gasteiger partial charge on any atom is -0.229 e. The van der Waals surface area contributed by atoms with E-state index in [0.29, 0.717) is 19.0 Å². The second-order valence-electron chi connectivity index (χ2n) is 5.43. The van der Waals surface area contributed by atoms with E-state index in [9.17, 15) is 16.8 Å². The van der Waals surface area contributed by atoms with Gasteiger partial charge in [-0.1, -0.05) is 6.92 Å². The van der Waals surface area contributed by atoms with E-state index in [1.165, 1.54) is 4.31 Å². The molecular weight excluding hydrogens is 312 g/mol. The lowest BCUT2D eigenvalue weighted by Crippen LogP contribution is -2.50. The number of halogens is 1. The minimum atomic E-state index is -3.65. The highest BCUT2D eigenvalue weighted by Crippen LogP contribution is 2.22. The van der Waals surface area contributed by atoms with E-state index in [0.717, 1.165) is 12.8 Å². The molecule has 2 fully saturated rings. The van der Waals surface area contributed by atoms with Crippen molar-refractivity contribution in [2.45, 2.75) is 31.2 Å². The van der Waals surface area contributed by atoms with Gasteiger partial charge in [0, 0.05) is 13.1 Å². The molecule has 0 aromatic rings. The minimum absolute atomic E-state index is 0.169. The van der Waals surface area contributed by atoms with Crippen molar-refractivity contribution in [2.24, 2.45) is 5.92 Å². The molecule has 2 aliphatic heterocycles. The summed E-state index contributed by atoms with van der Waals surface area (Å²) in [5.41, 5.74) is 0. The summed E-state index contributed by atoms with van der Waals surface area (Å²) in [4.78, 5) is 0. The summed E-state index contributed by atoms with van der Waals surface area (Å²) in [5.74, 6) is -0.0634. The zero-order chi connectivity index (χ0) is 14.3. The highest BCUT2D eigenvalue weighted by atomic mass is 35.5. The summed E-state index contributed by atoms with van der Waals surface area (Å²) in [7, 11) is -6.88. The molecule has 2 heterocycles. The summed E-state index contributed by atoms with van der Waals surface area (Å²) in [6.07, 6.45) is 1.84. The van der Waals surface area contributed by atoms with Gasteiger partial charge in [-0.2, -0.15) is 17.4 Å². The van der Waals surface area contributed by atoms with Gasteiger partial charge in [0.2, 0.25) is 0 Å². The molecule has 3 unspecified atom stereocenters. The average molecular weight is 331 g/mol. The van der Waals surface area contributed by atoms with Crippen molar-refractivity contribution in [1.82, 2.24) is 9.03 Å². The number of hydrogen-bond donors (Lipinski definition) is 1. The molecule has 6 nitrogen and oxygen atoms in total. The van der Waals surface area contributed by atoms with Crippen LogP contribution < -0.4 is 4.72 Å². The Labute approximate surface area is 119 Å². The lowest BCUT2D eigenvalue weighted by molar-refractivity contribution is 0.277. The van der Waals surface area contributed by atoms with Crippen LogP contribution in [0.5, 0.6) is 0 Å². The molecule has 2 saturated heterocycles. The number of piperidine rings is 1. The number of hydrogen-bond acceptors (Lipinski definition) is 4. The van der Waals surface area contributed by atoms with Gasteiger partial charge in [0.1, 0.15) is 0 Å². The third-order valence-electron chi connectivity index (χ3n) is 3.54. The molecule has 112 valence electrons. The number of sulfone groups is 1. The van der Waals surface area contributed by atoms with Crippen molar-refractivity contribution in [3.63, 3.8) is 0 Å². The first-order valence-electron chi connectivity index (χ1n) is 6.31. The topological polar surface area (TPSA) is 83.6 Å². The molecular formula is C10H19ClN2O4S2. The van der Waals surface area contributed by atoms with Gasteiger partial charge in [-0.25, -0.2) is 8.42 Å². The number of nitrogens with one attached hydrogen (secondary N) is 1. The predicted octanol–water partition coefficient (Wildman–Crippen LogP) is -0.0429. The van der Waals surface area contributed by atoms with Crippen LogP contribution in [-0.2, 0) is 20.0 Å². The summed E-state index contributed by atoms with van der Waals surface area (Å²) in [6.45, 7) is 2.96. The molecule has 3 atom stereocenters. The molecule has 1 N–H and O–H groups in total. The molecule has 0 aromatic carbocycles. The van der Waals surface area contributed by atoms with Gasteiger partial charge < -0.3 is 0 Å². The fourth-order valence-corrected chi connectivity index (χ4v) is 6.87. The smallest absolute Gasteiger partial charge is 0.229 e. The Morgan fingerprint density at radius 3 is 2.53 bits per heavy atom. The Morgan fingerprint density at radius 2 is 2.00 bits per heavy atom. The van der Waals surface area contributed by atoms with E-state index >= 15 is 0 Å². The second kappa shape index (κ2) is 5.48. The van der Waals surface area contributed by atoms with Crippen LogP contribution in [-0.4, -0.2) is 57.2 Å². The maximum atomic E-state index is 12.2. The van der Waals surface area contributed by atoms with Crippen LogP contribution in [0, 0.1) is 5.92 Å². The standard InChI is InChI=1S/C10H19ClN2O4S2/c1-8-3-2-4-13(5-8)19(16,17)12-10-7-18(14,15)6-9(10)11/h8-10,12H,2-7H2,1H3. The fraction of sp³-hybridized carbons (Fsp3) is 1.00. The van der Waals surface area contributed by atoms with E-state index < -0.39 is 31.5 Å². The summed E-state index contributed by atoms with van der Waals surface area (Å²) >= 11 is 5.91. The van der Waals surface area contributed by atoms with Crippen molar-refractivity contribution in [3.8, 4) is 0 Å². The average Bonchev–Trinajstić information content (AvgIpc) is 2.51. The highest BCUT2D eigenvalue weighted by Gasteiger charge is 2.40. The molecule has 19 heavy (non-hydrogen) atoms. The first kappa shape index (κ1) is 15.5. The van der Waals surface area contributed by atoms with E-state index in [4.69, 9.17) is 11.6 Å². The van der Waals surface area contributed by atoms with Crippen LogP contribution in [0.3, 0.4) is 0 Å². The molecule has 0 bridgehead atoms. The molecule has 0 amide bonds. The maximum Gasteiger partial charge on any atom is 0.279 e. The van der Waals surface area contributed by atoms with Crippen molar-refractivity contribution in [2.75, 3.05) is 24.6 Å². The van der Waals surface area contributed by atoms with Crippen LogP contribution in [0.2, 0.25) is 0 Å². The third-order valence-corrected chi connectivity index (χ3v) is 7.53. The van der Waals surface area contributed by atoms with Crippen LogP contribution in [0.25, 0.3) is 0 Å². The lowest BCUT2D eigenvalue weighted by Gasteiger charge is -2.31. The molecule has 0 radical (unpaired) electrons. The van der Waals surface area contributed by atoms with Crippen LogP contribution >= 0.6 is 11.6 Å². The van der Waals surface area contributed by atoms with Crippen molar-refractivity contribution >= 4 is 31.6 Å². The van der Waals surface area contributed by atoms with Crippen LogP contribution in [0.15, 0.2) is 0 Å². The number of alkyl halides is 1. The summed E-state index contributed by atoms with van der Waals surface area (Å²) in [6, 6.07) is -0.728. The summed E-state index contributed by atoms with van der Waals surface area (Å²) in [5, 5.41) is -0.693. The SMILES string of the molecule is CC1CCCN(S(=O)(=O)NC2CS(=O)(=O)CC2Cl)C1. The molecule has 0 aliphatic carbocycles. The Balaban J connectivity index is 2.05. The maximum absolute atomic E-state index is 12.2. The normalized spacial score (nSPS) is 36.4. The predicted molar refractivity (Wildman–Crippen MR) is 74.1 cm³/mol. The van der Waals surface area contributed by atoms with Crippen molar-refractivity contribution in [3.05, 3.63) is 0 Å². The van der Waals surface area contributed by atoms with Crippen molar-refractivity contribution < 1.29 is 16.8 Å². The van der Waals surface area contributed by atoms with E-state index in [1.807, 2.05) is 6.92 Å². The van der Waals surface area contributed by atoms with Gasteiger partial charge in [-0.15, -0.1) is 11.6 Å². The van der Waals surface area contributed by atoms with Gasteiger partial charge in [-0.3, -0.25) is 0 Å². The molecule has 0 saturated carbocycles. The third kappa shape index (κ3) is 3.81. The first-order chi connectivity index (χ1) is 8.70. The Hall–Kier alpha value is 0.110. The van der Waals surface area contributed by atoms with Crippen molar-refractivity contribution in [1.29, 1.82) is 0 Å². The molecule has 0 spiro atoms. The lowest BCUT2D eigenvalue weighted by atomic mass is 10.0. The monoisotopic (exact) mass is 330 g/mol. The van der Waals surface area contributed by atoms with E-state index in [2.05, 4.69) is 4.72 Å².